The van der Waals surface area contributed by atoms with Crippen molar-refractivity contribution in [3.8, 4) is 5.75 Å². The first kappa shape index (κ1) is 13.7. The van der Waals surface area contributed by atoms with Crippen LogP contribution in [0.4, 0.5) is 5.69 Å². The van der Waals surface area contributed by atoms with Gasteiger partial charge < -0.3 is 19.9 Å². The van der Waals surface area contributed by atoms with Crippen molar-refractivity contribution in [3.05, 3.63) is 23.8 Å². The fourth-order valence-corrected chi connectivity index (χ4v) is 1.98. The maximum absolute atomic E-state index is 11.7. The zero-order valence-corrected chi connectivity index (χ0v) is 11.1. The van der Waals surface area contributed by atoms with E-state index >= 15 is 0 Å². The predicted molar refractivity (Wildman–Crippen MR) is 71.3 cm³/mol. The third-order valence-electron chi connectivity index (χ3n) is 2.99. The van der Waals surface area contributed by atoms with E-state index in [-0.39, 0.29) is 6.10 Å². The molecule has 2 N–H and O–H groups in total. The van der Waals surface area contributed by atoms with Crippen LogP contribution in [-0.4, -0.2) is 31.9 Å². The van der Waals surface area contributed by atoms with Crippen molar-refractivity contribution < 1.29 is 19.0 Å². The standard InChI is InChI=1S/C14H19NO4/c1-2-18-14(16)12-9-11(3-4-13(12)15)19-10-5-7-17-8-6-10/h3-4,9-10H,2,5-8,15H2,1H3. The molecule has 0 spiro atoms. The molecule has 104 valence electrons. The van der Waals surface area contributed by atoms with Crippen LogP contribution in [0.2, 0.25) is 0 Å². The number of anilines is 1. The van der Waals surface area contributed by atoms with E-state index < -0.39 is 5.97 Å². The molecule has 1 fully saturated rings. The molecule has 0 unspecified atom stereocenters. The molecule has 1 aromatic rings. The maximum Gasteiger partial charge on any atom is 0.340 e. The minimum atomic E-state index is -0.419. The van der Waals surface area contributed by atoms with Gasteiger partial charge in [0.2, 0.25) is 0 Å². The molecule has 1 saturated heterocycles. The Morgan fingerprint density at radius 1 is 1.42 bits per heavy atom. The number of carbonyl (C=O) groups is 1. The van der Waals surface area contributed by atoms with E-state index in [4.69, 9.17) is 19.9 Å². The van der Waals surface area contributed by atoms with Crippen molar-refractivity contribution in [1.82, 2.24) is 0 Å². The van der Waals surface area contributed by atoms with Gasteiger partial charge in [-0.15, -0.1) is 0 Å². The van der Waals surface area contributed by atoms with Gasteiger partial charge in [0.1, 0.15) is 11.9 Å². The van der Waals surface area contributed by atoms with Crippen LogP contribution < -0.4 is 10.5 Å². The fraction of sp³-hybridized carbons (Fsp3) is 0.500. The van der Waals surface area contributed by atoms with Crippen LogP contribution >= 0.6 is 0 Å². The Kier molecular flexibility index (Phi) is 4.63. The summed E-state index contributed by atoms with van der Waals surface area (Å²) in [6.07, 6.45) is 1.85. The molecular weight excluding hydrogens is 246 g/mol. The summed E-state index contributed by atoms with van der Waals surface area (Å²) in [6.45, 7) is 3.51. The zero-order valence-electron chi connectivity index (χ0n) is 11.1. The molecule has 0 aromatic heterocycles. The summed E-state index contributed by atoms with van der Waals surface area (Å²) in [5.41, 5.74) is 6.53. The summed E-state index contributed by atoms with van der Waals surface area (Å²) in [6, 6.07) is 5.08. The van der Waals surface area contributed by atoms with Crippen LogP contribution in [0.3, 0.4) is 0 Å². The molecule has 0 bridgehead atoms. The van der Waals surface area contributed by atoms with Crippen LogP contribution in [0.5, 0.6) is 5.75 Å². The molecule has 1 aliphatic rings. The second kappa shape index (κ2) is 6.43. The highest BCUT2D eigenvalue weighted by atomic mass is 16.5. The minimum absolute atomic E-state index is 0.132. The normalized spacial score (nSPS) is 16.1. The monoisotopic (exact) mass is 265 g/mol. The van der Waals surface area contributed by atoms with Gasteiger partial charge in [-0.2, -0.15) is 0 Å². The number of hydrogen-bond donors (Lipinski definition) is 1. The lowest BCUT2D eigenvalue weighted by Gasteiger charge is -2.23. The summed E-state index contributed by atoms with van der Waals surface area (Å²) in [5, 5.41) is 0. The number of hydrogen-bond acceptors (Lipinski definition) is 5. The van der Waals surface area contributed by atoms with Crippen molar-refractivity contribution in [3.63, 3.8) is 0 Å². The van der Waals surface area contributed by atoms with E-state index in [0.717, 1.165) is 12.8 Å². The molecule has 1 aromatic carbocycles. The second-order valence-corrected chi connectivity index (χ2v) is 4.40. The number of esters is 1. The Morgan fingerprint density at radius 3 is 2.84 bits per heavy atom. The van der Waals surface area contributed by atoms with E-state index in [1.165, 1.54) is 0 Å². The van der Waals surface area contributed by atoms with Crippen LogP contribution in [0, 0.1) is 0 Å². The van der Waals surface area contributed by atoms with E-state index in [1.807, 2.05) is 0 Å². The van der Waals surface area contributed by atoms with Crippen LogP contribution in [-0.2, 0) is 9.47 Å². The molecule has 5 heteroatoms. The number of ether oxygens (including phenoxy) is 3. The van der Waals surface area contributed by atoms with Gasteiger partial charge in [-0.3, -0.25) is 0 Å². The molecule has 5 nitrogen and oxygen atoms in total. The highest BCUT2D eigenvalue weighted by molar-refractivity contribution is 5.95. The van der Waals surface area contributed by atoms with Gasteiger partial charge >= 0.3 is 5.97 Å². The molecule has 0 atom stereocenters. The van der Waals surface area contributed by atoms with Gasteiger partial charge in [0.25, 0.3) is 0 Å². The molecule has 0 radical (unpaired) electrons. The first-order valence-electron chi connectivity index (χ1n) is 6.51. The molecule has 0 amide bonds. The van der Waals surface area contributed by atoms with Crippen LogP contribution in [0.15, 0.2) is 18.2 Å². The SMILES string of the molecule is CCOC(=O)c1cc(OC2CCOCC2)ccc1N. The number of rotatable bonds is 4. The largest absolute Gasteiger partial charge is 0.490 e. The molecular formula is C14H19NO4. The van der Waals surface area contributed by atoms with Gasteiger partial charge in [-0.05, 0) is 25.1 Å². The topological polar surface area (TPSA) is 70.8 Å². The lowest BCUT2D eigenvalue weighted by molar-refractivity contribution is 0.0254. The Balaban J connectivity index is 2.08. The molecule has 0 aliphatic carbocycles. The van der Waals surface area contributed by atoms with Gasteiger partial charge in [-0.1, -0.05) is 0 Å². The number of nitrogen functional groups attached to an aromatic ring is 1. The maximum atomic E-state index is 11.7. The van der Waals surface area contributed by atoms with E-state index in [0.29, 0.717) is 36.8 Å². The van der Waals surface area contributed by atoms with E-state index in [1.54, 1.807) is 25.1 Å². The molecule has 0 saturated carbocycles. The van der Waals surface area contributed by atoms with E-state index in [2.05, 4.69) is 0 Å². The van der Waals surface area contributed by atoms with Crippen LogP contribution in [0.1, 0.15) is 30.1 Å². The Labute approximate surface area is 112 Å². The van der Waals surface area contributed by atoms with Gasteiger partial charge in [0.05, 0.1) is 25.4 Å². The van der Waals surface area contributed by atoms with Crippen molar-refractivity contribution in [2.45, 2.75) is 25.9 Å². The van der Waals surface area contributed by atoms with Gasteiger partial charge in [-0.25, -0.2) is 4.79 Å². The van der Waals surface area contributed by atoms with E-state index in [9.17, 15) is 4.79 Å². The van der Waals surface area contributed by atoms with Gasteiger partial charge in [0, 0.05) is 18.5 Å². The van der Waals surface area contributed by atoms with Crippen LogP contribution in [0.25, 0.3) is 0 Å². The van der Waals surface area contributed by atoms with Crippen molar-refractivity contribution in [2.75, 3.05) is 25.6 Å². The highest BCUT2D eigenvalue weighted by Crippen LogP contribution is 2.23. The highest BCUT2D eigenvalue weighted by Gasteiger charge is 2.17. The Bertz CT molecular complexity index is 441. The minimum Gasteiger partial charge on any atom is -0.490 e. The predicted octanol–water partition coefficient (Wildman–Crippen LogP) is 2.00. The number of carbonyl (C=O) groups excluding carboxylic acids is 1. The van der Waals surface area contributed by atoms with Crippen molar-refractivity contribution >= 4 is 11.7 Å². The quantitative estimate of drug-likeness (QED) is 0.666. The zero-order chi connectivity index (χ0) is 13.7. The summed E-state index contributed by atoms with van der Waals surface area (Å²) in [5.74, 6) is 0.224. The molecule has 19 heavy (non-hydrogen) atoms. The summed E-state index contributed by atoms with van der Waals surface area (Å²) < 4.78 is 16.1. The lowest BCUT2D eigenvalue weighted by Crippen LogP contribution is -2.26. The average molecular weight is 265 g/mol. The first-order chi connectivity index (χ1) is 9.20. The smallest absolute Gasteiger partial charge is 0.340 e. The van der Waals surface area contributed by atoms with Crippen molar-refractivity contribution in [2.24, 2.45) is 0 Å². The fourth-order valence-electron chi connectivity index (χ4n) is 1.98. The number of nitrogens with two attached hydrogens (primary N) is 1. The molecule has 1 aliphatic heterocycles. The average Bonchev–Trinajstić information content (AvgIpc) is 2.42. The third-order valence-corrected chi connectivity index (χ3v) is 2.99. The molecule has 2 rings (SSSR count). The summed E-state index contributed by atoms with van der Waals surface area (Å²) in [7, 11) is 0. The summed E-state index contributed by atoms with van der Waals surface area (Å²) in [4.78, 5) is 11.7. The third kappa shape index (κ3) is 3.61. The Morgan fingerprint density at radius 2 is 2.16 bits per heavy atom. The number of benzene rings is 1. The molecule has 1 heterocycles. The Hall–Kier alpha value is -1.75. The lowest BCUT2D eigenvalue weighted by atomic mass is 10.1. The van der Waals surface area contributed by atoms with Crippen molar-refractivity contribution in [1.29, 1.82) is 0 Å². The first-order valence-corrected chi connectivity index (χ1v) is 6.51. The van der Waals surface area contributed by atoms with Gasteiger partial charge in [0.15, 0.2) is 0 Å². The second-order valence-electron chi connectivity index (χ2n) is 4.40. The summed E-state index contributed by atoms with van der Waals surface area (Å²) >= 11 is 0.